The van der Waals surface area contributed by atoms with Gasteiger partial charge in [-0.3, -0.25) is 4.79 Å². The largest absolute Gasteiger partial charge is 0.484 e. The lowest BCUT2D eigenvalue weighted by molar-refractivity contribution is -0.123. The number of rotatable bonds is 6. The quantitative estimate of drug-likeness (QED) is 0.855. The number of hydrogen-bond acceptors (Lipinski definition) is 5. The number of nitrogens with one attached hydrogen (secondary N) is 1. The molecule has 0 fully saturated rings. The number of halogens is 1. The average Bonchev–Trinajstić information content (AvgIpc) is 2.87. The van der Waals surface area contributed by atoms with Crippen LogP contribution in [0.15, 0.2) is 24.3 Å². The third kappa shape index (κ3) is 4.54. The van der Waals surface area contributed by atoms with Gasteiger partial charge in [0.1, 0.15) is 24.0 Å². The molecule has 8 heteroatoms. The second-order valence-electron chi connectivity index (χ2n) is 5.95. The number of benzene rings is 1. The summed E-state index contributed by atoms with van der Waals surface area (Å²) in [5.74, 6) is 1.67. The number of hydrogen-bond donors (Lipinski definition) is 1. The van der Waals surface area contributed by atoms with Gasteiger partial charge in [-0.25, -0.2) is 4.39 Å². The normalized spacial score (nSPS) is 16.8. The topological polar surface area (TPSA) is 78.3 Å². The molecule has 1 aliphatic heterocycles. The zero-order valence-corrected chi connectivity index (χ0v) is 14.1. The van der Waals surface area contributed by atoms with E-state index in [1.165, 1.54) is 24.3 Å². The van der Waals surface area contributed by atoms with Crippen LogP contribution in [0.4, 0.5) is 4.39 Å². The van der Waals surface area contributed by atoms with Crippen molar-refractivity contribution in [2.24, 2.45) is 0 Å². The van der Waals surface area contributed by atoms with Crippen LogP contribution in [0.25, 0.3) is 0 Å². The fraction of sp³-hybridized carbons (Fsp3) is 0.471. The molecule has 1 aromatic heterocycles. The molecule has 1 unspecified atom stereocenters. The second-order valence-corrected chi connectivity index (χ2v) is 5.95. The van der Waals surface area contributed by atoms with Gasteiger partial charge < -0.3 is 19.4 Å². The summed E-state index contributed by atoms with van der Waals surface area (Å²) in [6.45, 7) is 1.07. The Morgan fingerprint density at radius 1 is 1.32 bits per heavy atom. The highest BCUT2D eigenvalue weighted by Crippen LogP contribution is 2.16. The maximum Gasteiger partial charge on any atom is 0.258 e. The highest BCUT2D eigenvalue weighted by Gasteiger charge is 2.21. The molecule has 1 aliphatic rings. The lowest BCUT2D eigenvalue weighted by Gasteiger charge is -2.16. The van der Waals surface area contributed by atoms with E-state index in [-0.39, 0.29) is 24.4 Å². The highest BCUT2D eigenvalue weighted by atomic mass is 19.1. The first-order valence-electron chi connectivity index (χ1n) is 8.23. The molecule has 0 saturated heterocycles. The average molecular weight is 348 g/mol. The molecule has 0 aliphatic carbocycles. The van der Waals surface area contributed by atoms with Gasteiger partial charge in [0.25, 0.3) is 5.91 Å². The summed E-state index contributed by atoms with van der Waals surface area (Å²) in [6.07, 6.45) is 2.35. The Labute approximate surface area is 145 Å². The number of aryl methyl sites for hydroxylation is 1. The van der Waals surface area contributed by atoms with Crippen LogP contribution in [-0.4, -0.2) is 40.4 Å². The summed E-state index contributed by atoms with van der Waals surface area (Å²) in [5.41, 5.74) is 0. The Kier molecular flexibility index (Phi) is 5.60. The number of aromatic nitrogens is 3. The van der Waals surface area contributed by atoms with Crippen molar-refractivity contribution in [1.29, 1.82) is 0 Å². The number of carbonyl (C=O) groups is 1. The Morgan fingerprint density at radius 3 is 2.88 bits per heavy atom. The van der Waals surface area contributed by atoms with E-state index in [0.29, 0.717) is 12.4 Å². The minimum Gasteiger partial charge on any atom is -0.484 e. The maximum absolute atomic E-state index is 12.8. The Hall–Kier alpha value is -2.48. The Bertz CT molecular complexity index is 717. The van der Waals surface area contributed by atoms with Gasteiger partial charge in [0, 0.05) is 26.1 Å². The minimum absolute atomic E-state index is 0.0569. The van der Waals surface area contributed by atoms with Gasteiger partial charge in [0.15, 0.2) is 12.4 Å². The van der Waals surface area contributed by atoms with Gasteiger partial charge in [-0.1, -0.05) is 0 Å². The van der Waals surface area contributed by atoms with Gasteiger partial charge in [-0.05, 0) is 37.1 Å². The summed E-state index contributed by atoms with van der Waals surface area (Å²) < 4.78 is 25.4. The molecule has 2 aromatic rings. The number of methoxy groups -OCH3 is 1. The van der Waals surface area contributed by atoms with E-state index in [1.54, 1.807) is 7.11 Å². The molecule has 1 amide bonds. The fourth-order valence-electron chi connectivity index (χ4n) is 2.88. The second kappa shape index (κ2) is 8.06. The summed E-state index contributed by atoms with van der Waals surface area (Å²) in [4.78, 5) is 12.1. The van der Waals surface area contributed by atoms with Gasteiger partial charge in [0.2, 0.25) is 0 Å². The zero-order chi connectivity index (χ0) is 17.6. The van der Waals surface area contributed by atoms with Gasteiger partial charge >= 0.3 is 0 Å². The molecule has 0 saturated carbocycles. The van der Waals surface area contributed by atoms with E-state index in [9.17, 15) is 9.18 Å². The fourth-order valence-corrected chi connectivity index (χ4v) is 2.88. The van der Waals surface area contributed by atoms with Gasteiger partial charge in [-0.2, -0.15) is 0 Å². The van der Waals surface area contributed by atoms with Crippen LogP contribution >= 0.6 is 0 Å². The summed E-state index contributed by atoms with van der Waals surface area (Å²) in [7, 11) is 1.63. The lowest BCUT2D eigenvalue weighted by Crippen LogP contribution is -2.38. The molecule has 1 N–H and O–H groups in total. The first kappa shape index (κ1) is 17.3. The van der Waals surface area contributed by atoms with Crippen molar-refractivity contribution < 1.29 is 18.7 Å². The predicted octanol–water partition coefficient (Wildman–Crippen LogP) is 1.46. The van der Waals surface area contributed by atoms with Crippen LogP contribution in [0, 0.1) is 5.82 Å². The molecule has 0 spiro atoms. The molecule has 134 valence electrons. The van der Waals surface area contributed by atoms with Crippen LogP contribution < -0.4 is 10.1 Å². The number of carbonyl (C=O) groups excluding carboxylic acids is 1. The van der Waals surface area contributed by atoms with Crippen molar-refractivity contribution in [3.8, 4) is 5.75 Å². The molecule has 0 radical (unpaired) electrons. The molecule has 0 bridgehead atoms. The summed E-state index contributed by atoms with van der Waals surface area (Å²) >= 11 is 0. The molecule has 2 heterocycles. The Morgan fingerprint density at radius 2 is 2.12 bits per heavy atom. The van der Waals surface area contributed by atoms with E-state index in [4.69, 9.17) is 9.47 Å². The third-order valence-corrected chi connectivity index (χ3v) is 4.14. The SMILES string of the molecule is COCc1nnc2n1CCC(NC(=O)COc1ccc(F)cc1)CC2. The van der Waals surface area contributed by atoms with Crippen molar-refractivity contribution >= 4 is 5.91 Å². The number of ether oxygens (including phenoxy) is 2. The molecule has 3 rings (SSSR count). The number of fused-ring (bicyclic) bond motifs is 1. The maximum atomic E-state index is 12.8. The molecule has 1 atom stereocenters. The van der Waals surface area contributed by atoms with Crippen LogP contribution in [0.5, 0.6) is 5.75 Å². The Balaban J connectivity index is 1.48. The van der Waals surface area contributed by atoms with Gasteiger partial charge in [-0.15, -0.1) is 10.2 Å². The number of nitrogens with zero attached hydrogens (tertiary/aromatic N) is 3. The molecular weight excluding hydrogens is 327 g/mol. The predicted molar refractivity (Wildman–Crippen MR) is 87.5 cm³/mol. The van der Waals surface area contributed by atoms with Crippen molar-refractivity contribution in [2.45, 2.75) is 38.5 Å². The van der Waals surface area contributed by atoms with E-state index >= 15 is 0 Å². The lowest BCUT2D eigenvalue weighted by atomic mass is 10.1. The number of amides is 1. The first-order valence-corrected chi connectivity index (χ1v) is 8.23. The molecular formula is C17H21FN4O3. The van der Waals surface area contributed by atoms with Crippen LogP contribution in [0.1, 0.15) is 24.5 Å². The third-order valence-electron chi connectivity index (χ3n) is 4.14. The molecule has 1 aromatic carbocycles. The van der Waals surface area contributed by atoms with Gasteiger partial charge in [0.05, 0.1) is 0 Å². The summed E-state index contributed by atoms with van der Waals surface area (Å²) in [5, 5.41) is 11.3. The molecule has 7 nitrogen and oxygen atoms in total. The first-order chi connectivity index (χ1) is 12.2. The van der Waals surface area contributed by atoms with Crippen molar-refractivity contribution in [3.63, 3.8) is 0 Å². The standard InChI is InChI=1S/C17H21FN4O3/c1-24-10-16-21-20-15-7-4-13(8-9-22(15)16)19-17(23)11-25-14-5-2-12(18)3-6-14/h2-3,5-6,13H,4,7-11H2,1H3,(H,19,23). The zero-order valence-electron chi connectivity index (χ0n) is 14.1. The van der Waals surface area contributed by atoms with Crippen LogP contribution in [0.3, 0.4) is 0 Å². The van der Waals surface area contributed by atoms with E-state index in [2.05, 4.69) is 20.1 Å². The minimum atomic E-state index is -0.338. The van der Waals surface area contributed by atoms with Crippen molar-refractivity contribution in [1.82, 2.24) is 20.1 Å². The van der Waals surface area contributed by atoms with E-state index in [1.807, 2.05) is 0 Å². The van der Waals surface area contributed by atoms with E-state index in [0.717, 1.165) is 37.5 Å². The summed E-state index contributed by atoms with van der Waals surface area (Å²) in [6, 6.07) is 5.65. The van der Waals surface area contributed by atoms with Crippen LogP contribution in [0.2, 0.25) is 0 Å². The van der Waals surface area contributed by atoms with Crippen molar-refractivity contribution in [3.05, 3.63) is 41.7 Å². The smallest absolute Gasteiger partial charge is 0.258 e. The van der Waals surface area contributed by atoms with Crippen molar-refractivity contribution in [2.75, 3.05) is 13.7 Å². The monoisotopic (exact) mass is 348 g/mol. The highest BCUT2D eigenvalue weighted by molar-refractivity contribution is 5.77. The molecule has 25 heavy (non-hydrogen) atoms. The van der Waals surface area contributed by atoms with Crippen LogP contribution in [-0.2, 0) is 29.1 Å². The van der Waals surface area contributed by atoms with E-state index < -0.39 is 0 Å².